The summed E-state index contributed by atoms with van der Waals surface area (Å²) in [7, 11) is 1.64. The summed E-state index contributed by atoms with van der Waals surface area (Å²) in [4.78, 5) is 11.2. The van der Waals surface area contributed by atoms with Crippen LogP contribution in [0.1, 0.15) is 21.6 Å². The predicted molar refractivity (Wildman–Crippen MR) is 69.5 cm³/mol. The van der Waals surface area contributed by atoms with Gasteiger partial charge in [0.25, 0.3) is 0 Å². The highest BCUT2D eigenvalue weighted by molar-refractivity contribution is 5.98. The molecular weight excluding hydrogens is 230 g/mol. The molecule has 5 heteroatoms. The number of carboxylic acid groups (broad SMARTS) is 1. The van der Waals surface area contributed by atoms with E-state index in [0.717, 1.165) is 16.7 Å². The van der Waals surface area contributed by atoms with Gasteiger partial charge < -0.3 is 10.8 Å². The third-order valence-electron chi connectivity index (χ3n) is 2.96. The van der Waals surface area contributed by atoms with E-state index in [9.17, 15) is 9.90 Å². The molecule has 1 aromatic carbocycles. The molecule has 1 heterocycles. The van der Waals surface area contributed by atoms with Gasteiger partial charge in [-0.1, -0.05) is 23.8 Å². The number of nitrogen functional groups attached to an aromatic ring is 1. The van der Waals surface area contributed by atoms with Crippen molar-refractivity contribution in [2.24, 2.45) is 7.05 Å². The van der Waals surface area contributed by atoms with Crippen LogP contribution in [-0.2, 0) is 7.05 Å². The lowest BCUT2D eigenvalue weighted by Crippen LogP contribution is -2.01. The van der Waals surface area contributed by atoms with E-state index in [4.69, 9.17) is 5.73 Å². The molecular formula is C13H15N3O2. The maximum absolute atomic E-state index is 11.2. The number of benzene rings is 1. The summed E-state index contributed by atoms with van der Waals surface area (Å²) in [5.74, 6) is -0.709. The highest BCUT2D eigenvalue weighted by Crippen LogP contribution is 2.32. The Morgan fingerprint density at radius 2 is 2.06 bits per heavy atom. The van der Waals surface area contributed by atoms with Crippen LogP contribution in [0.25, 0.3) is 11.1 Å². The van der Waals surface area contributed by atoms with Crippen molar-refractivity contribution in [1.29, 1.82) is 0 Å². The normalized spacial score (nSPS) is 10.6. The van der Waals surface area contributed by atoms with Crippen molar-refractivity contribution in [2.45, 2.75) is 13.8 Å². The van der Waals surface area contributed by atoms with Crippen LogP contribution < -0.4 is 5.73 Å². The minimum absolute atomic E-state index is 0.0105. The molecule has 18 heavy (non-hydrogen) atoms. The molecule has 1 aromatic heterocycles. The van der Waals surface area contributed by atoms with Crippen molar-refractivity contribution in [3.8, 4) is 11.1 Å². The van der Waals surface area contributed by atoms with Crippen molar-refractivity contribution in [3.05, 3.63) is 35.0 Å². The Labute approximate surface area is 105 Å². The summed E-state index contributed by atoms with van der Waals surface area (Å²) in [6, 6.07) is 5.85. The van der Waals surface area contributed by atoms with E-state index in [1.54, 1.807) is 7.05 Å². The fourth-order valence-corrected chi connectivity index (χ4v) is 1.96. The molecule has 94 valence electrons. The van der Waals surface area contributed by atoms with Crippen molar-refractivity contribution in [3.63, 3.8) is 0 Å². The molecule has 5 nitrogen and oxygen atoms in total. The number of aromatic nitrogens is 2. The second-order valence-electron chi connectivity index (χ2n) is 4.36. The summed E-state index contributed by atoms with van der Waals surface area (Å²) in [5, 5.41) is 13.1. The van der Waals surface area contributed by atoms with E-state index >= 15 is 0 Å². The van der Waals surface area contributed by atoms with Gasteiger partial charge in [-0.2, -0.15) is 5.10 Å². The van der Waals surface area contributed by atoms with E-state index in [2.05, 4.69) is 5.10 Å². The second kappa shape index (κ2) is 4.18. The quantitative estimate of drug-likeness (QED) is 0.847. The summed E-state index contributed by atoms with van der Waals surface area (Å²) >= 11 is 0. The monoisotopic (exact) mass is 245 g/mol. The van der Waals surface area contributed by atoms with Crippen LogP contribution in [0.15, 0.2) is 18.2 Å². The average molecular weight is 245 g/mol. The Morgan fingerprint density at radius 3 is 2.67 bits per heavy atom. The number of carboxylic acids is 1. The van der Waals surface area contributed by atoms with Crippen LogP contribution in [0.4, 0.5) is 5.82 Å². The van der Waals surface area contributed by atoms with Gasteiger partial charge in [0.05, 0.1) is 5.56 Å². The first-order valence-electron chi connectivity index (χ1n) is 5.55. The van der Waals surface area contributed by atoms with Gasteiger partial charge in [-0.3, -0.25) is 4.68 Å². The van der Waals surface area contributed by atoms with Gasteiger partial charge in [0.1, 0.15) is 5.82 Å². The smallest absolute Gasteiger partial charge is 0.357 e. The first-order valence-corrected chi connectivity index (χ1v) is 5.55. The number of anilines is 1. The minimum atomic E-state index is -1.07. The largest absolute Gasteiger partial charge is 0.476 e. The molecule has 0 radical (unpaired) electrons. The molecule has 2 aromatic rings. The second-order valence-corrected chi connectivity index (χ2v) is 4.36. The van der Waals surface area contributed by atoms with Gasteiger partial charge in [0.2, 0.25) is 0 Å². The molecule has 0 aliphatic rings. The predicted octanol–water partition coefficient (Wildman–Crippen LogP) is 1.98. The summed E-state index contributed by atoms with van der Waals surface area (Å²) < 4.78 is 1.39. The Hall–Kier alpha value is -2.30. The first kappa shape index (κ1) is 12.2. The van der Waals surface area contributed by atoms with Crippen LogP contribution in [-0.4, -0.2) is 20.9 Å². The Kier molecular flexibility index (Phi) is 2.82. The number of hydrogen-bond acceptors (Lipinski definition) is 3. The molecule has 2 rings (SSSR count). The van der Waals surface area contributed by atoms with Crippen molar-refractivity contribution in [1.82, 2.24) is 9.78 Å². The molecule has 0 amide bonds. The third kappa shape index (κ3) is 1.84. The van der Waals surface area contributed by atoms with Crippen LogP contribution >= 0.6 is 0 Å². The van der Waals surface area contributed by atoms with Gasteiger partial charge in [0.15, 0.2) is 5.69 Å². The number of aromatic carboxylic acids is 1. The molecule has 0 fully saturated rings. The number of aryl methyl sites for hydroxylation is 3. The highest BCUT2D eigenvalue weighted by atomic mass is 16.4. The zero-order chi connectivity index (χ0) is 13.4. The first-order chi connectivity index (χ1) is 8.41. The molecule has 0 spiro atoms. The van der Waals surface area contributed by atoms with Gasteiger partial charge >= 0.3 is 5.97 Å². The standard InChI is InChI=1S/C13H15N3O2/c1-7-4-5-8(2)9(6-7)10-11(13(17)18)15-16(3)12(10)14/h4-6H,14H2,1-3H3,(H,17,18). The van der Waals surface area contributed by atoms with Crippen LogP contribution in [0.3, 0.4) is 0 Å². The van der Waals surface area contributed by atoms with Gasteiger partial charge in [-0.25, -0.2) is 4.79 Å². The number of nitrogens with zero attached hydrogens (tertiary/aromatic N) is 2. The Balaban J connectivity index is 2.77. The molecule has 0 bridgehead atoms. The van der Waals surface area contributed by atoms with Crippen LogP contribution in [0.2, 0.25) is 0 Å². The maximum atomic E-state index is 11.2. The number of carbonyl (C=O) groups is 1. The summed E-state index contributed by atoms with van der Waals surface area (Å²) in [6.45, 7) is 3.88. The van der Waals surface area contributed by atoms with Crippen LogP contribution in [0, 0.1) is 13.8 Å². The average Bonchev–Trinajstić information content (AvgIpc) is 2.60. The van der Waals surface area contributed by atoms with Crippen molar-refractivity contribution in [2.75, 3.05) is 5.73 Å². The van der Waals surface area contributed by atoms with Gasteiger partial charge in [-0.05, 0) is 25.0 Å². The number of hydrogen-bond donors (Lipinski definition) is 2. The summed E-state index contributed by atoms with van der Waals surface area (Å²) in [5.41, 5.74) is 9.25. The van der Waals surface area contributed by atoms with E-state index in [0.29, 0.717) is 11.4 Å². The van der Waals surface area contributed by atoms with Gasteiger partial charge in [0, 0.05) is 7.05 Å². The maximum Gasteiger partial charge on any atom is 0.357 e. The summed E-state index contributed by atoms with van der Waals surface area (Å²) in [6.07, 6.45) is 0. The molecule has 3 N–H and O–H groups in total. The van der Waals surface area contributed by atoms with E-state index in [1.165, 1.54) is 4.68 Å². The van der Waals surface area contributed by atoms with Crippen LogP contribution in [0.5, 0.6) is 0 Å². The minimum Gasteiger partial charge on any atom is -0.476 e. The van der Waals surface area contributed by atoms with E-state index < -0.39 is 5.97 Å². The lowest BCUT2D eigenvalue weighted by Gasteiger charge is -2.07. The van der Waals surface area contributed by atoms with Crippen molar-refractivity contribution < 1.29 is 9.90 Å². The zero-order valence-corrected chi connectivity index (χ0v) is 10.6. The third-order valence-corrected chi connectivity index (χ3v) is 2.96. The van der Waals surface area contributed by atoms with Crippen molar-refractivity contribution >= 4 is 11.8 Å². The fraction of sp³-hybridized carbons (Fsp3) is 0.231. The molecule has 0 aliphatic heterocycles. The molecule has 0 saturated carbocycles. The Bertz CT molecular complexity index is 629. The zero-order valence-electron chi connectivity index (χ0n) is 10.6. The molecule has 0 saturated heterocycles. The van der Waals surface area contributed by atoms with E-state index in [-0.39, 0.29) is 5.69 Å². The lowest BCUT2D eigenvalue weighted by atomic mass is 9.98. The molecule has 0 unspecified atom stereocenters. The fourth-order valence-electron chi connectivity index (χ4n) is 1.96. The van der Waals surface area contributed by atoms with Gasteiger partial charge in [-0.15, -0.1) is 0 Å². The molecule has 0 aliphatic carbocycles. The Morgan fingerprint density at radius 1 is 1.39 bits per heavy atom. The topological polar surface area (TPSA) is 81.1 Å². The lowest BCUT2D eigenvalue weighted by molar-refractivity contribution is 0.0690. The number of nitrogens with two attached hydrogens (primary N) is 1. The highest BCUT2D eigenvalue weighted by Gasteiger charge is 2.22. The van der Waals surface area contributed by atoms with E-state index in [1.807, 2.05) is 32.0 Å². The molecule has 0 atom stereocenters. The number of rotatable bonds is 2. The SMILES string of the molecule is Cc1ccc(C)c(-c2c(C(=O)O)nn(C)c2N)c1.